The highest BCUT2D eigenvalue weighted by Crippen LogP contribution is 2.36. The molecule has 4 N–H and O–H groups in total. The average molecular weight is 252 g/mol. The molecule has 0 radical (unpaired) electrons. The summed E-state index contributed by atoms with van der Waals surface area (Å²) in [5.41, 5.74) is 14.8. The maximum atomic E-state index is 9.32. The molecule has 2 aliphatic rings. The van der Waals surface area contributed by atoms with E-state index < -0.39 is 0 Å². The molecule has 0 spiro atoms. The number of nitrogen functional groups attached to an aromatic ring is 1. The van der Waals surface area contributed by atoms with E-state index in [9.17, 15) is 5.26 Å². The predicted molar refractivity (Wildman–Crippen MR) is 73.7 cm³/mol. The third-order valence-corrected chi connectivity index (χ3v) is 3.23. The standard InChI is InChI=1S/C13H12N6/c14-5-9-6-19-12(13(16)17-7-18-19)11(9)8-1-3-10(15)4-2-8/h1-4,7,9H,6,15H2,(H2,16,17,18). The Kier molecular flexibility index (Phi) is 2.46. The van der Waals surface area contributed by atoms with Gasteiger partial charge in [0.25, 0.3) is 0 Å². The maximum absolute atomic E-state index is 9.32. The topological polar surface area (TPSA) is 104 Å². The fourth-order valence-corrected chi connectivity index (χ4v) is 2.35. The highest BCUT2D eigenvalue weighted by molar-refractivity contribution is 6.08. The largest absolute Gasteiger partial charge is 0.399 e. The molecule has 2 heterocycles. The minimum atomic E-state index is -0.275. The Bertz CT molecular complexity index is 647. The van der Waals surface area contributed by atoms with Crippen LogP contribution in [0.15, 0.2) is 40.1 Å². The number of rotatable bonds is 1. The zero-order chi connectivity index (χ0) is 13.4. The molecule has 6 nitrogen and oxygen atoms in total. The first-order valence-electron chi connectivity index (χ1n) is 5.84. The molecule has 2 aliphatic heterocycles. The van der Waals surface area contributed by atoms with Crippen molar-refractivity contribution in [2.75, 3.05) is 12.3 Å². The van der Waals surface area contributed by atoms with Crippen LogP contribution in [0.2, 0.25) is 0 Å². The molecule has 0 aromatic heterocycles. The van der Waals surface area contributed by atoms with Crippen molar-refractivity contribution in [1.82, 2.24) is 5.01 Å². The van der Waals surface area contributed by atoms with Crippen molar-refractivity contribution < 1.29 is 0 Å². The average Bonchev–Trinajstić information content (AvgIpc) is 2.80. The lowest BCUT2D eigenvalue weighted by molar-refractivity contribution is 0.396. The highest BCUT2D eigenvalue weighted by Gasteiger charge is 2.35. The molecule has 0 fully saturated rings. The van der Waals surface area contributed by atoms with Gasteiger partial charge < -0.3 is 11.5 Å². The van der Waals surface area contributed by atoms with Crippen LogP contribution < -0.4 is 11.5 Å². The smallest absolute Gasteiger partial charge is 0.151 e. The monoisotopic (exact) mass is 252 g/mol. The van der Waals surface area contributed by atoms with E-state index >= 15 is 0 Å². The fraction of sp³-hybridized carbons (Fsp3) is 0.154. The first-order valence-corrected chi connectivity index (χ1v) is 5.84. The Morgan fingerprint density at radius 3 is 2.68 bits per heavy atom. The van der Waals surface area contributed by atoms with Crippen molar-refractivity contribution in [3.63, 3.8) is 0 Å². The number of nitriles is 1. The molecule has 1 aromatic rings. The number of hydrazone groups is 1. The van der Waals surface area contributed by atoms with Crippen LogP contribution in [0.1, 0.15) is 5.56 Å². The van der Waals surface area contributed by atoms with Crippen molar-refractivity contribution >= 4 is 23.4 Å². The summed E-state index contributed by atoms with van der Waals surface area (Å²) in [6.07, 6.45) is 1.40. The molecule has 1 unspecified atom stereocenters. The van der Waals surface area contributed by atoms with Gasteiger partial charge in [0.05, 0.1) is 18.5 Å². The first kappa shape index (κ1) is 11.3. The van der Waals surface area contributed by atoms with Gasteiger partial charge in [-0.05, 0) is 17.7 Å². The van der Waals surface area contributed by atoms with Crippen molar-refractivity contribution in [3.8, 4) is 6.07 Å². The molecule has 0 saturated heterocycles. The summed E-state index contributed by atoms with van der Waals surface area (Å²) in [4.78, 5) is 4.00. The molecule has 0 bridgehead atoms. The highest BCUT2D eigenvalue weighted by atomic mass is 15.5. The summed E-state index contributed by atoms with van der Waals surface area (Å²) >= 11 is 0. The van der Waals surface area contributed by atoms with Gasteiger partial charge in [0.1, 0.15) is 12.0 Å². The molecule has 19 heavy (non-hydrogen) atoms. The number of hydrogen-bond acceptors (Lipinski definition) is 6. The number of nitrogens with zero attached hydrogens (tertiary/aromatic N) is 4. The number of nitrogens with two attached hydrogens (primary N) is 2. The first-order chi connectivity index (χ1) is 9.20. The molecule has 0 saturated carbocycles. The van der Waals surface area contributed by atoms with Crippen molar-refractivity contribution in [2.24, 2.45) is 21.7 Å². The van der Waals surface area contributed by atoms with Crippen molar-refractivity contribution in [2.45, 2.75) is 0 Å². The maximum Gasteiger partial charge on any atom is 0.151 e. The van der Waals surface area contributed by atoms with Gasteiger partial charge in [0.2, 0.25) is 0 Å². The zero-order valence-corrected chi connectivity index (χ0v) is 10.1. The Hall–Kier alpha value is -2.81. The van der Waals surface area contributed by atoms with Crippen LogP contribution in [0.3, 0.4) is 0 Å². The van der Waals surface area contributed by atoms with Crippen LogP contribution in [0.4, 0.5) is 5.69 Å². The van der Waals surface area contributed by atoms with Crippen molar-refractivity contribution in [3.05, 3.63) is 35.5 Å². The fourth-order valence-electron chi connectivity index (χ4n) is 2.35. The van der Waals surface area contributed by atoms with Crippen LogP contribution in [0, 0.1) is 17.2 Å². The summed E-state index contributed by atoms with van der Waals surface area (Å²) in [6, 6.07) is 9.67. The molecule has 0 aliphatic carbocycles. The van der Waals surface area contributed by atoms with Gasteiger partial charge in [-0.15, -0.1) is 0 Å². The van der Waals surface area contributed by atoms with Gasteiger partial charge in [-0.2, -0.15) is 10.4 Å². The summed E-state index contributed by atoms with van der Waals surface area (Å²) in [5.74, 6) is 0.113. The van der Waals surface area contributed by atoms with E-state index in [2.05, 4.69) is 16.2 Å². The lowest BCUT2D eigenvalue weighted by Gasteiger charge is -2.18. The Morgan fingerprint density at radius 2 is 2.00 bits per heavy atom. The minimum absolute atomic E-state index is 0.275. The van der Waals surface area contributed by atoms with E-state index in [4.69, 9.17) is 11.5 Å². The normalized spacial score (nSPS) is 21.1. The van der Waals surface area contributed by atoms with Gasteiger partial charge >= 0.3 is 0 Å². The van der Waals surface area contributed by atoms with E-state index in [0.717, 1.165) is 16.8 Å². The zero-order valence-electron chi connectivity index (χ0n) is 10.1. The summed E-state index contributed by atoms with van der Waals surface area (Å²) in [6.45, 7) is 0.498. The van der Waals surface area contributed by atoms with Crippen molar-refractivity contribution in [1.29, 1.82) is 5.26 Å². The van der Waals surface area contributed by atoms with Gasteiger partial charge in [-0.25, -0.2) is 4.99 Å². The third kappa shape index (κ3) is 1.72. The molecular formula is C13H12N6. The number of anilines is 1. The van der Waals surface area contributed by atoms with E-state index in [-0.39, 0.29) is 5.92 Å². The molecule has 1 aromatic carbocycles. The van der Waals surface area contributed by atoms with E-state index in [1.165, 1.54) is 6.34 Å². The van der Waals surface area contributed by atoms with Gasteiger partial charge in [-0.1, -0.05) is 12.1 Å². The molecular weight excluding hydrogens is 240 g/mol. The second-order valence-electron chi connectivity index (χ2n) is 4.39. The summed E-state index contributed by atoms with van der Waals surface area (Å²) < 4.78 is 0. The minimum Gasteiger partial charge on any atom is -0.399 e. The number of hydrogen-bond donors (Lipinski definition) is 2. The molecule has 0 amide bonds. The number of aliphatic imine (C=N–C) groups is 1. The van der Waals surface area contributed by atoms with Crippen LogP contribution in [0.25, 0.3) is 5.57 Å². The summed E-state index contributed by atoms with van der Waals surface area (Å²) in [5, 5.41) is 15.2. The third-order valence-electron chi connectivity index (χ3n) is 3.23. The lowest BCUT2D eigenvalue weighted by Crippen LogP contribution is -2.28. The predicted octanol–water partition coefficient (Wildman–Crippen LogP) is 0.749. The van der Waals surface area contributed by atoms with Crippen LogP contribution in [-0.2, 0) is 0 Å². The Balaban J connectivity index is 2.17. The van der Waals surface area contributed by atoms with Crippen LogP contribution in [-0.4, -0.2) is 23.7 Å². The SMILES string of the molecule is N#CC1CN2N=CN=C(N)C2=C1c1ccc(N)cc1. The second kappa shape index (κ2) is 4.14. The number of benzene rings is 1. The van der Waals surface area contributed by atoms with Crippen LogP contribution >= 0.6 is 0 Å². The van der Waals surface area contributed by atoms with Gasteiger partial charge in [0.15, 0.2) is 5.84 Å². The lowest BCUT2D eigenvalue weighted by atomic mass is 9.94. The van der Waals surface area contributed by atoms with E-state index in [1.807, 2.05) is 12.1 Å². The molecule has 6 heteroatoms. The molecule has 94 valence electrons. The van der Waals surface area contributed by atoms with Gasteiger partial charge in [0, 0.05) is 11.3 Å². The molecule has 1 atom stereocenters. The number of fused-ring (bicyclic) bond motifs is 1. The molecule has 3 rings (SSSR count). The van der Waals surface area contributed by atoms with E-state index in [0.29, 0.717) is 18.1 Å². The Labute approximate surface area is 110 Å². The van der Waals surface area contributed by atoms with Gasteiger partial charge in [-0.3, -0.25) is 5.01 Å². The Morgan fingerprint density at radius 1 is 1.26 bits per heavy atom. The number of amidine groups is 1. The van der Waals surface area contributed by atoms with Crippen LogP contribution in [0.5, 0.6) is 0 Å². The second-order valence-corrected chi connectivity index (χ2v) is 4.39. The van der Waals surface area contributed by atoms with E-state index in [1.54, 1.807) is 17.1 Å². The quantitative estimate of drug-likeness (QED) is 0.719. The summed E-state index contributed by atoms with van der Waals surface area (Å²) in [7, 11) is 0.